The van der Waals surface area contributed by atoms with Crippen molar-refractivity contribution in [2.24, 2.45) is 5.73 Å². The van der Waals surface area contributed by atoms with Gasteiger partial charge in [0.2, 0.25) is 0 Å². The number of nitrogens with two attached hydrogens (primary N) is 1. The molecule has 1 amide bonds. The van der Waals surface area contributed by atoms with E-state index in [0.29, 0.717) is 12.1 Å². The van der Waals surface area contributed by atoms with Crippen LogP contribution in [0.3, 0.4) is 0 Å². The molecule has 2 atom stereocenters. The molecule has 1 aromatic carbocycles. The Hall–Kier alpha value is -1.90. The van der Waals surface area contributed by atoms with Gasteiger partial charge in [0.05, 0.1) is 18.2 Å². The summed E-state index contributed by atoms with van der Waals surface area (Å²) in [6.45, 7) is 2.09. The quantitative estimate of drug-likeness (QED) is 0.807. The van der Waals surface area contributed by atoms with Gasteiger partial charge in [-0.25, -0.2) is 4.39 Å². The summed E-state index contributed by atoms with van der Waals surface area (Å²) < 4.78 is 19.0. The highest BCUT2D eigenvalue weighted by Gasteiger charge is 2.28. The first-order chi connectivity index (χ1) is 9.60. The van der Waals surface area contributed by atoms with Gasteiger partial charge in [0, 0.05) is 5.69 Å². The van der Waals surface area contributed by atoms with E-state index in [1.165, 1.54) is 18.2 Å². The Balaban J connectivity index is 2.07. The third kappa shape index (κ3) is 3.56. The lowest BCUT2D eigenvalue weighted by molar-refractivity contribution is -0.126. The van der Waals surface area contributed by atoms with E-state index in [4.69, 9.17) is 10.5 Å². The molecule has 106 valence electrons. The number of carbonyl (C=O) groups excluding carboxylic acids is 1. The summed E-state index contributed by atoms with van der Waals surface area (Å²) >= 11 is 0. The number of benzene rings is 1. The van der Waals surface area contributed by atoms with Crippen LogP contribution in [-0.2, 0) is 9.53 Å². The first kappa shape index (κ1) is 14.5. The van der Waals surface area contributed by atoms with Crippen LogP contribution >= 0.6 is 0 Å². The Bertz CT molecular complexity index is 563. The first-order valence-electron chi connectivity index (χ1n) is 6.55. The average molecular weight is 276 g/mol. The smallest absolute Gasteiger partial charge is 0.253 e. The monoisotopic (exact) mass is 276 g/mol. The minimum absolute atomic E-state index is 0.102. The summed E-state index contributed by atoms with van der Waals surface area (Å²) in [6.07, 6.45) is 1.24. The third-order valence-corrected chi connectivity index (χ3v) is 3.08. The molecule has 1 heterocycles. The van der Waals surface area contributed by atoms with Gasteiger partial charge in [-0.2, -0.15) is 0 Å². The molecule has 4 nitrogen and oxygen atoms in total. The second-order valence-corrected chi connectivity index (χ2v) is 4.70. The zero-order valence-electron chi connectivity index (χ0n) is 11.3. The van der Waals surface area contributed by atoms with E-state index in [9.17, 15) is 9.18 Å². The van der Waals surface area contributed by atoms with Crippen molar-refractivity contribution in [2.75, 3.05) is 11.9 Å². The van der Waals surface area contributed by atoms with E-state index in [2.05, 4.69) is 17.2 Å². The van der Waals surface area contributed by atoms with Crippen LogP contribution in [0.1, 0.15) is 25.3 Å². The summed E-state index contributed by atoms with van der Waals surface area (Å²) in [4.78, 5) is 12.0. The van der Waals surface area contributed by atoms with Gasteiger partial charge in [-0.1, -0.05) is 11.8 Å². The Labute approximate surface area is 117 Å². The van der Waals surface area contributed by atoms with Crippen molar-refractivity contribution in [1.29, 1.82) is 0 Å². The van der Waals surface area contributed by atoms with Crippen molar-refractivity contribution in [2.45, 2.75) is 32.0 Å². The highest BCUT2D eigenvalue weighted by molar-refractivity contribution is 5.94. The Kier molecular flexibility index (Phi) is 4.72. The molecule has 20 heavy (non-hydrogen) atoms. The molecule has 2 rings (SSSR count). The Morgan fingerprint density at radius 2 is 2.35 bits per heavy atom. The maximum absolute atomic E-state index is 13.5. The average Bonchev–Trinajstić information content (AvgIpc) is 2.86. The minimum Gasteiger partial charge on any atom is -0.365 e. The summed E-state index contributed by atoms with van der Waals surface area (Å²) in [6, 6.07) is 4.27. The lowest BCUT2D eigenvalue weighted by Gasteiger charge is -2.12. The van der Waals surface area contributed by atoms with E-state index in [1.807, 2.05) is 6.92 Å². The van der Waals surface area contributed by atoms with Crippen LogP contribution in [-0.4, -0.2) is 24.7 Å². The maximum Gasteiger partial charge on any atom is 0.253 e. The normalized spacial score (nSPS) is 21.1. The molecular weight excluding hydrogens is 259 g/mol. The number of halogens is 1. The van der Waals surface area contributed by atoms with E-state index < -0.39 is 11.9 Å². The molecular formula is C15H17FN2O2. The lowest BCUT2D eigenvalue weighted by Crippen LogP contribution is -2.27. The van der Waals surface area contributed by atoms with Crippen LogP contribution in [0.4, 0.5) is 10.1 Å². The molecule has 1 fully saturated rings. The molecule has 0 radical (unpaired) electrons. The molecule has 5 heteroatoms. The number of rotatable bonds is 2. The molecule has 1 aliphatic heterocycles. The molecule has 1 aliphatic rings. The largest absolute Gasteiger partial charge is 0.365 e. The number of hydrogen-bond donors (Lipinski definition) is 2. The fourth-order valence-corrected chi connectivity index (χ4v) is 2.06. The van der Waals surface area contributed by atoms with Gasteiger partial charge in [-0.05, 0) is 38.0 Å². The first-order valence-corrected chi connectivity index (χ1v) is 6.55. The summed E-state index contributed by atoms with van der Waals surface area (Å²) in [5.41, 5.74) is 5.98. The second kappa shape index (κ2) is 6.51. The predicted octanol–water partition coefficient (Wildman–Crippen LogP) is 1.64. The Morgan fingerprint density at radius 1 is 1.55 bits per heavy atom. The van der Waals surface area contributed by atoms with Gasteiger partial charge in [-0.15, -0.1) is 0 Å². The number of ether oxygens (including phenoxy) is 1. The van der Waals surface area contributed by atoms with Gasteiger partial charge in [0.25, 0.3) is 5.91 Å². The third-order valence-electron chi connectivity index (χ3n) is 3.08. The number of anilines is 1. The van der Waals surface area contributed by atoms with Gasteiger partial charge in [-0.3, -0.25) is 4.79 Å². The molecule has 0 bridgehead atoms. The van der Waals surface area contributed by atoms with Crippen molar-refractivity contribution < 1.29 is 13.9 Å². The molecule has 2 unspecified atom stereocenters. The fraction of sp³-hybridized carbons (Fsp3) is 0.400. The standard InChI is InChI=1S/C15H17FN2O2/c1-10-4-7-14(20-10)15(19)18-12-5-6-13(16)11(9-12)3-2-8-17/h5-6,9-10,14H,4,7-8,17H2,1H3,(H,18,19). The highest BCUT2D eigenvalue weighted by Crippen LogP contribution is 2.21. The highest BCUT2D eigenvalue weighted by atomic mass is 19.1. The number of carbonyl (C=O) groups is 1. The predicted molar refractivity (Wildman–Crippen MR) is 74.5 cm³/mol. The number of nitrogens with one attached hydrogen (secondary N) is 1. The van der Waals surface area contributed by atoms with Crippen LogP contribution in [0, 0.1) is 17.7 Å². The Morgan fingerprint density at radius 3 is 3.00 bits per heavy atom. The van der Waals surface area contributed by atoms with Crippen LogP contribution < -0.4 is 11.1 Å². The second-order valence-electron chi connectivity index (χ2n) is 4.70. The maximum atomic E-state index is 13.5. The van der Waals surface area contributed by atoms with Crippen LogP contribution in [0.2, 0.25) is 0 Å². The van der Waals surface area contributed by atoms with Crippen molar-refractivity contribution in [3.63, 3.8) is 0 Å². The fourth-order valence-electron chi connectivity index (χ4n) is 2.06. The molecule has 0 aromatic heterocycles. The number of amides is 1. The topological polar surface area (TPSA) is 64.4 Å². The van der Waals surface area contributed by atoms with Crippen LogP contribution in [0.15, 0.2) is 18.2 Å². The summed E-state index contributed by atoms with van der Waals surface area (Å²) in [5, 5.41) is 2.72. The molecule has 0 aliphatic carbocycles. The van der Waals surface area contributed by atoms with Crippen LogP contribution in [0.25, 0.3) is 0 Å². The zero-order valence-corrected chi connectivity index (χ0v) is 11.3. The van der Waals surface area contributed by atoms with E-state index in [-0.39, 0.29) is 24.1 Å². The molecule has 1 aromatic rings. The summed E-state index contributed by atoms with van der Waals surface area (Å²) in [5.74, 6) is 4.57. The van der Waals surface area contributed by atoms with Gasteiger partial charge >= 0.3 is 0 Å². The van der Waals surface area contributed by atoms with Gasteiger partial charge in [0.15, 0.2) is 0 Å². The zero-order chi connectivity index (χ0) is 14.5. The molecule has 0 saturated carbocycles. The van der Waals surface area contributed by atoms with Crippen molar-refractivity contribution >= 4 is 11.6 Å². The minimum atomic E-state index is -0.436. The van der Waals surface area contributed by atoms with Crippen molar-refractivity contribution in [3.05, 3.63) is 29.6 Å². The molecule has 0 spiro atoms. The summed E-state index contributed by atoms with van der Waals surface area (Å²) in [7, 11) is 0. The van der Waals surface area contributed by atoms with E-state index in [1.54, 1.807) is 0 Å². The van der Waals surface area contributed by atoms with E-state index >= 15 is 0 Å². The van der Waals surface area contributed by atoms with Crippen molar-refractivity contribution in [1.82, 2.24) is 0 Å². The molecule has 3 N–H and O–H groups in total. The molecule has 1 saturated heterocycles. The SMILES string of the molecule is CC1CCC(C(=O)Nc2ccc(F)c(C#CCN)c2)O1. The van der Waals surface area contributed by atoms with Gasteiger partial charge in [0.1, 0.15) is 11.9 Å². The van der Waals surface area contributed by atoms with Gasteiger partial charge < -0.3 is 15.8 Å². The van der Waals surface area contributed by atoms with Crippen molar-refractivity contribution in [3.8, 4) is 11.8 Å². The van der Waals surface area contributed by atoms with Crippen LogP contribution in [0.5, 0.6) is 0 Å². The van der Waals surface area contributed by atoms with E-state index in [0.717, 1.165) is 6.42 Å². The number of hydrogen-bond acceptors (Lipinski definition) is 3. The lowest BCUT2D eigenvalue weighted by atomic mass is 10.1.